The van der Waals surface area contributed by atoms with Gasteiger partial charge in [-0.05, 0) is 26.7 Å². The molecular formula is C13H20N2O2. The molecule has 1 aliphatic rings. The lowest BCUT2D eigenvalue weighted by Crippen LogP contribution is -2.17. The van der Waals surface area contributed by atoms with Gasteiger partial charge in [0.1, 0.15) is 11.9 Å². The molecule has 1 aromatic heterocycles. The van der Waals surface area contributed by atoms with Crippen molar-refractivity contribution in [1.29, 1.82) is 0 Å². The van der Waals surface area contributed by atoms with Crippen LogP contribution in [0.2, 0.25) is 0 Å². The number of hydrogen-bond acceptors (Lipinski definition) is 3. The van der Waals surface area contributed by atoms with Crippen LogP contribution in [0, 0.1) is 0 Å². The minimum atomic E-state index is -0.144. The van der Waals surface area contributed by atoms with Crippen LogP contribution in [0.3, 0.4) is 0 Å². The number of aromatic nitrogens is 2. The standard InChI is InChI=1S/C13H20N2O2/c1-3-17-9(2)13-14-11(8-12(16)15-13)10-6-4-5-7-10/h8-10H,3-7H2,1-2H3,(H,14,15,16). The van der Waals surface area contributed by atoms with E-state index in [0.717, 1.165) is 18.5 Å². The van der Waals surface area contributed by atoms with Gasteiger partial charge in [-0.2, -0.15) is 0 Å². The van der Waals surface area contributed by atoms with Crippen LogP contribution in [0.25, 0.3) is 0 Å². The van der Waals surface area contributed by atoms with E-state index < -0.39 is 0 Å². The van der Waals surface area contributed by atoms with Gasteiger partial charge in [0.05, 0.1) is 5.69 Å². The Morgan fingerprint density at radius 2 is 2.24 bits per heavy atom. The van der Waals surface area contributed by atoms with Crippen molar-refractivity contribution in [3.05, 3.63) is 27.9 Å². The molecule has 0 aromatic carbocycles. The summed E-state index contributed by atoms with van der Waals surface area (Å²) in [7, 11) is 0. The summed E-state index contributed by atoms with van der Waals surface area (Å²) < 4.78 is 5.47. The van der Waals surface area contributed by atoms with Crippen LogP contribution in [-0.4, -0.2) is 16.6 Å². The fraction of sp³-hybridized carbons (Fsp3) is 0.692. The number of rotatable bonds is 4. The summed E-state index contributed by atoms with van der Waals surface area (Å²) in [6.07, 6.45) is 4.65. The van der Waals surface area contributed by atoms with Crippen molar-refractivity contribution in [2.45, 2.75) is 51.6 Å². The molecule has 1 saturated carbocycles. The first-order valence-corrected chi connectivity index (χ1v) is 6.43. The van der Waals surface area contributed by atoms with Crippen LogP contribution in [-0.2, 0) is 4.74 Å². The molecule has 94 valence electrons. The van der Waals surface area contributed by atoms with E-state index >= 15 is 0 Å². The summed E-state index contributed by atoms with van der Waals surface area (Å²) >= 11 is 0. The second-order valence-corrected chi connectivity index (χ2v) is 4.63. The highest BCUT2D eigenvalue weighted by atomic mass is 16.5. The van der Waals surface area contributed by atoms with Crippen LogP contribution in [0.1, 0.15) is 63.1 Å². The maximum atomic E-state index is 11.6. The predicted octanol–water partition coefficient (Wildman–Crippen LogP) is 2.53. The van der Waals surface area contributed by atoms with Gasteiger partial charge >= 0.3 is 0 Å². The van der Waals surface area contributed by atoms with Crippen molar-refractivity contribution in [3.63, 3.8) is 0 Å². The molecule has 1 fully saturated rings. The number of hydrogen-bond donors (Lipinski definition) is 1. The molecule has 1 aromatic rings. The molecule has 1 unspecified atom stereocenters. The number of nitrogens with one attached hydrogen (secondary N) is 1. The predicted molar refractivity (Wildman–Crippen MR) is 66.1 cm³/mol. The lowest BCUT2D eigenvalue weighted by atomic mass is 10.0. The highest BCUT2D eigenvalue weighted by molar-refractivity contribution is 5.11. The molecule has 0 saturated heterocycles. The average Bonchev–Trinajstić information content (AvgIpc) is 2.82. The summed E-state index contributed by atoms with van der Waals surface area (Å²) in [6, 6.07) is 1.64. The lowest BCUT2D eigenvalue weighted by Gasteiger charge is -2.14. The second-order valence-electron chi connectivity index (χ2n) is 4.63. The van der Waals surface area contributed by atoms with Crippen LogP contribution in [0.15, 0.2) is 10.9 Å². The zero-order chi connectivity index (χ0) is 12.3. The summed E-state index contributed by atoms with van der Waals surface area (Å²) in [5.74, 6) is 1.12. The Labute approximate surface area is 101 Å². The molecule has 1 atom stereocenters. The van der Waals surface area contributed by atoms with Crippen molar-refractivity contribution < 1.29 is 4.74 Å². The second kappa shape index (κ2) is 5.45. The van der Waals surface area contributed by atoms with Gasteiger partial charge in [0.15, 0.2) is 0 Å². The molecule has 17 heavy (non-hydrogen) atoms. The Morgan fingerprint density at radius 3 is 2.88 bits per heavy atom. The fourth-order valence-corrected chi connectivity index (χ4v) is 2.45. The van der Waals surface area contributed by atoms with Crippen LogP contribution in [0.5, 0.6) is 0 Å². The van der Waals surface area contributed by atoms with Crippen molar-refractivity contribution in [1.82, 2.24) is 9.97 Å². The monoisotopic (exact) mass is 236 g/mol. The first-order chi connectivity index (χ1) is 8.20. The molecule has 2 rings (SSSR count). The molecule has 0 aliphatic heterocycles. The fourth-order valence-electron chi connectivity index (χ4n) is 2.45. The third kappa shape index (κ3) is 2.94. The molecule has 0 radical (unpaired) electrons. The molecule has 1 heterocycles. The average molecular weight is 236 g/mol. The highest BCUT2D eigenvalue weighted by Gasteiger charge is 2.20. The van der Waals surface area contributed by atoms with Crippen molar-refractivity contribution in [3.8, 4) is 0 Å². The van der Waals surface area contributed by atoms with E-state index in [-0.39, 0.29) is 11.7 Å². The zero-order valence-corrected chi connectivity index (χ0v) is 10.5. The first kappa shape index (κ1) is 12.3. The third-order valence-electron chi connectivity index (χ3n) is 3.35. The first-order valence-electron chi connectivity index (χ1n) is 6.43. The SMILES string of the molecule is CCOC(C)c1nc(C2CCCC2)cc(=O)[nH]1. The van der Waals surface area contributed by atoms with E-state index in [1.165, 1.54) is 12.8 Å². The molecule has 4 heteroatoms. The molecule has 1 aliphatic carbocycles. The molecule has 0 spiro atoms. The summed E-state index contributed by atoms with van der Waals surface area (Å²) in [4.78, 5) is 18.9. The van der Waals surface area contributed by atoms with Gasteiger partial charge in [-0.25, -0.2) is 4.98 Å². The van der Waals surface area contributed by atoms with E-state index in [1.54, 1.807) is 6.07 Å². The Hall–Kier alpha value is -1.16. The van der Waals surface area contributed by atoms with Crippen LogP contribution >= 0.6 is 0 Å². The minimum Gasteiger partial charge on any atom is -0.371 e. The lowest BCUT2D eigenvalue weighted by molar-refractivity contribution is 0.0696. The quantitative estimate of drug-likeness (QED) is 0.874. The van der Waals surface area contributed by atoms with E-state index in [9.17, 15) is 4.79 Å². The minimum absolute atomic E-state index is 0.0662. The normalized spacial score (nSPS) is 18.5. The topological polar surface area (TPSA) is 55.0 Å². The Kier molecular flexibility index (Phi) is 3.94. The van der Waals surface area contributed by atoms with E-state index in [4.69, 9.17) is 4.74 Å². The van der Waals surface area contributed by atoms with Gasteiger partial charge in [0.25, 0.3) is 5.56 Å². The van der Waals surface area contributed by atoms with Crippen molar-refractivity contribution in [2.75, 3.05) is 6.61 Å². The number of nitrogens with zero attached hydrogens (tertiary/aromatic N) is 1. The summed E-state index contributed by atoms with van der Waals surface area (Å²) in [5, 5.41) is 0. The highest BCUT2D eigenvalue weighted by Crippen LogP contribution is 2.32. The van der Waals surface area contributed by atoms with E-state index in [1.807, 2.05) is 13.8 Å². The zero-order valence-electron chi connectivity index (χ0n) is 10.5. The maximum absolute atomic E-state index is 11.6. The Morgan fingerprint density at radius 1 is 1.53 bits per heavy atom. The van der Waals surface area contributed by atoms with Crippen LogP contribution < -0.4 is 5.56 Å². The van der Waals surface area contributed by atoms with Crippen LogP contribution in [0.4, 0.5) is 0 Å². The Balaban J connectivity index is 2.25. The van der Waals surface area contributed by atoms with Gasteiger partial charge in [-0.1, -0.05) is 12.8 Å². The number of aromatic amines is 1. The van der Waals surface area contributed by atoms with Gasteiger partial charge in [0, 0.05) is 18.6 Å². The largest absolute Gasteiger partial charge is 0.371 e. The molecule has 1 N–H and O–H groups in total. The van der Waals surface area contributed by atoms with Gasteiger partial charge in [-0.3, -0.25) is 4.79 Å². The van der Waals surface area contributed by atoms with Gasteiger partial charge in [-0.15, -0.1) is 0 Å². The van der Waals surface area contributed by atoms with E-state index in [0.29, 0.717) is 18.3 Å². The smallest absolute Gasteiger partial charge is 0.251 e. The third-order valence-corrected chi connectivity index (χ3v) is 3.35. The van der Waals surface area contributed by atoms with E-state index in [2.05, 4.69) is 9.97 Å². The summed E-state index contributed by atoms with van der Waals surface area (Å²) in [6.45, 7) is 4.48. The molecule has 0 bridgehead atoms. The van der Waals surface area contributed by atoms with Crippen molar-refractivity contribution >= 4 is 0 Å². The Bertz CT molecular complexity index is 422. The van der Waals surface area contributed by atoms with Gasteiger partial charge < -0.3 is 9.72 Å². The van der Waals surface area contributed by atoms with Crippen molar-refractivity contribution in [2.24, 2.45) is 0 Å². The number of ether oxygens (including phenoxy) is 1. The summed E-state index contributed by atoms with van der Waals surface area (Å²) in [5.41, 5.74) is 0.872. The van der Waals surface area contributed by atoms with Gasteiger partial charge in [0.2, 0.25) is 0 Å². The molecule has 0 amide bonds. The molecular weight excluding hydrogens is 216 g/mol. The number of H-pyrrole nitrogens is 1. The molecule has 4 nitrogen and oxygen atoms in total. The maximum Gasteiger partial charge on any atom is 0.251 e.